The molecule has 0 unspecified atom stereocenters. The van der Waals surface area contributed by atoms with Crippen molar-refractivity contribution in [2.24, 2.45) is 0 Å². The molecule has 2 aromatic rings. The third-order valence-corrected chi connectivity index (χ3v) is 4.68. The molecular formula is C13H12ClN3O4S. The lowest BCUT2D eigenvalue weighted by atomic mass is 10.2. The van der Waals surface area contributed by atoms with Crippen molar-refractivity contribution >= 4 is 38.7 Å². The Morgan fingerprint density at radius 2 is 1.91 bits per heavy atom. The van der Waals surface area contributed by atoms with Gasteiger partial charge in [-0.05, 0) is 42.8 Å². The molecule has 0 amide bonds. The van der Waals surface area contributed by atoms with Gasteiger partial charge in [-0.1, -0.05) is 11.6 Å². The van der Waals surface area contributed by atoms with E-state index in [2.05, 4.69) is 4.72 Å². The van der Waals surface area contributed by atoms with Gasteiger partial charge in [-0.25, -0.2) is 8.42 Å². The van der Waals surface area contributed by atoms with Crippen molar-refractivity contribution in [2.75, 3.05) is 10.5 Å². The van der Waals surface area contributed by atoms with E-state index in [9.17, 15) is 18.5 Å². The summed E-state index contributed by atoms with van der Waals surface area (Å²) >= 11 is 5.80. The predicted octanol–water partition coefficient (Wildman–Crippen LogP) is 2.94. The molecule has 0 atom stereocenters. The van der Waals surface area contributed by atoms with Crippen molar-refractivity contribution < 1.29 is 13.3 Å². The summed E-state index contributed by atoms with van der Waals surface area (Å²) in [5.74, 6) is 0. The van der Waals surface area contributed by atoms with Crippen LogP contribution in [-0.4, -0.2) is 13.3 Å². The predicted molar refractivity (Wildman–Crippen MR) is 84.5 cm³/mol. The number of nitrogens with one attached hydrogen (secondary N) is 1. The number of nitro groups is 1. The van der Waals surface area contributed by atoms with Crippen molar-refractivity contribution in [3.05, 3.63) is 57.1 Å². The molecule has 0 fully saturated rings. The van der Waals surface area contributed by atoms with Gasteiger partial charge >= 0.3 is 0 Å². The standard InChI is InChI=1S/C13H12ClN3O4S/c1-8-6-9(14)2-5-13(8)22(20,21)16-10-3-4-11(15)12(7-10)17(18)19/h2-7,16H,15H2,1H3. The second kappa shape index (κ2) is 5.82. The van der Waals surface area contributed by atoms with E-state index >= 15 is 0 Å². The number of anilines is 2. The minimum absolute atomic E-state index is 0.0383. The monoisotopic (exact) mass is 341 g/mol. The Morgan fingerprint density at radius 3 is 2.50 bits per heavy atom. The zero-order chi connectivity index (χ0) is 16.5. The van der Waals surface area contributed by atoms with Gasteiger partial charge in [0.05, 0.1) is 15.5 Å². The van der Waals surface area contributed by atoms with Gasteiger partial charge in [0.15, 0.2) is 0 Å². The van der Waals surface area contributed by atoms with Gasteiger partial charge in [0.1, 0.15) is 5.69 Å². The lowest BCUT2D eigenvalue weighted by molar-refractivity contribution is -0.383. The van der Waals surface area contributed by atoms with Crippen LogP contribution in [0.15, 0.2) is 41.3 Å². The number of hydrogen-bond acceptors (Lipinski definition) is 5. The van der Waals surface area contributed by atoms with Crippen LogP contribution >= 0.6 is 11.6 Å². The molecule has 0 spiro atoms. The summed E-state index contributed by atoms with van der Waals surface area (Å²) in [6.45, 7) is 1.60. The minimum Gasteiger partial charge on any atom is -0.393 e. The van der Waals surface area contributed by atoms with E-state index in [1.807, 2.05) is 0 Å². The second-order valence-corrected chi connectivity index (χ2v) is 6.63. The van der Waals surface area contributed by atoms with Crippen molar-refractivity contribution in [1.82, 2.24) is 0 Å². The first-order valence-electron chi connectivity index (χ1n) is 6.03. The van der Waals surface area contributed by atoms with E-state index in [0.29, 0.717) is 10.6 Å². The van der Waals surface area contributed by atoms with Gasteiger partial charge in [0.25, 0.3) is 15.7 Å². The SMILES string of the molecule is Cc1cc(Cl)ccc1S(=O)(=O)Nc1ccc(N)c([N+](=O)[O-])c1. The Labute approximate surface area is 131 Å². The molecule has 0 aliphatic carbocycles. The third kappa shape index (κ3) is 3.29. The fraction of sp³-hybridized carbons (Fsp3) is 0.0769. The fourth-order valence-electron chi connectivity index (χ4n) is 1.89. The normalized spacial score (nSPS) is 11.2. The average Bonchev–Trinajstić information content (AvgIpc) is 2.39. The molecule has 2 rings (SSSR count). The number of benzene rings is 2. The summed E-state index contributed by atoms with van der Waals surface area (Å²) in [5.41, 5.74) is 5.57. The van der Waals surface area contributed by atoms with E-state index in [4.69, 9.17) is 17.3 Å². The van der Waals surface area contributed by atoms with E-state index in [1.54, 1.807) is 6.92 Å². The molecule has 9 heteroatoms. The summed E-state index contributed by atoms with van der Waals surface area (Å²) in [7, 11) is -3.89. The number of nitro benzene ring substituents is 1. The smallest absolute Gasteiger partial charge is 0.294 e. The number of sulfonamides is 1. The summed E-state index contributed by atoms with van der Waals surface area (Å²) in [6.07, 6.45) is 0. The molecule has 0 radical (unpaired) electrons. The number of nitrogens with two attached hydrogens (primary N) is 1. The first kappa shape index (κ1) is 16.1. The molecule has 0 bridgehead atoms. The Hall–Kier alpha value is -2.32. The molecule has 0 heterocycles. The molecular weight excluding hydrogens is 330 g/mol. The topological polar surface area (TPSA) is 115 Å². The van der Waals surface area contributed by atoms with Crippen LogP contribution in [0.5, 0.6) is 0 Å². The van der Waals surface area contributed by atoms with Crippen LogP contribution in [-0.2, 0) is 10.0 Å². The maximum atomic E-state index is 12.3. The van der Waals surface area contributed by atoms with Gasteiger partial charge in [-0.15, -0.1) is 0 Å². The summed E-state index contributed by atoms with van der Waals surface area (Å²) in [6, 6.07) is 8.02. The maximum absolute atomic E-state index is 12.3. The average molecular weight is 342 g/mol. The first-order valence-corrected chi connectivity index (χ1v) is 7.90. The van der Waals surface area contributed by atoms with Gasteiger partial charge in [0, 0.05) is 11.1 Å². The highest BCUT2D eigenvalue weighted by molar-refractivity contribution is 7.92. The highest BCUT2D eigenvalue weighted by Crippen LogP contribution is 2.27. The second-order valence-electron chi connectivity index (χ2n) is 4.55. The van der Waals surface area contributed by atoms with Crippen LogP contribution in [0.2, 0.25) is 5.02 Å². The Morgan fingerprint density at radius 1 is 1.23 bits per heavy atom. The zero-order valence-corrected chi connectivity index (χ0v) is 13.0. The maximum Gasteiger partial charge on any atom is 0.294 e. The lowest BCUT2D eigenvalue weighted by Crippen LogP contribution is -2.14. The van der Waals surface area contributed by atoms with E-state index in [0.717, 1.165) is 6.07 Å². The number of nitrogens with zero attached hydrogens (tertiary/aromatic N) is 1. The van der Waals surface area contributed by atoms with Crippen LogP contribution in [0, 0.1) is 17.0 Å². The number of aryl methyl sites for hydroxylation is 1. The number of halogens is 1. The van der Waals surface area contributed by atoms with Crippen molar-refractivity contribution in [1.29, 1.82) is 0 Å². The highest BCUT2D eigenvalue weighted by Gasteiger charge is 2.19. The quantitative estimate of drug-likeness (QED) is 0.504. The van der Waals surface area contributed by atoms with Gasteiger partial charge < -0.3 is 5.73 Å². The first-order chi connectivity index (χ1) is 10.2. The van der Waals surface area contributed by atoms with Crippen molar-refractivity contribution in [3.63, 3.8) is 0 Å². The van der Waals surface area contributed by atoms with Crippen LogP contribution < -0.4 is 10.5 Å². The Bertz CT molecular complexity index is 852. The largest absolute Gasteiger partial charge is 0.393 e. The van der Waals surface area contributed by atoms with Crippen LogP contribution in [0.4, 0.5) is 17.1 Å². The lowest BCUT2D eigenvalue weighted by Gasteiger charge is -2.11. The number of hydrogen-bond donors (Lipinski definition) is 2. The van der Waals surface area contributed by atoms with Gasteiger partial charge in [-0.2, -0.15) is 0 Å². The van der Waals surface area contributed by atoms with Crippen LogP contribution in [0.1, 0.15) is 5.56 Å². The van der Waals surface area contributed by atoms with Crippen molar-refractivity contribution in [2.45, 2.75) is 11.8 Å². The molecule has 22 heavy (non-hydrogen) atoms. The molecule has 0 aliphatic rings. The molecule has 0 saturated heterocycles. The summed E-state index contributed by atoms with van der Waals surface area (Å²) < 4.78 is 27.0. The summed E-state index contributed by atoms with van der Waals surface area (Å²) in [5, 5.41) is 11.3. The Kier molecular flexibility index (Phi) is 4.25. The van der Waals surface area contributed by atoms with E-state index < -0.39 is 14.9 Å². The van der Waals surface area contributed by atoms with Crippen molar-refractivity contribution in [3.8, 4) is 0 Å². The molecule has 3 N–H and O–H groups in total. The molecule has 0 aromatic heterocycles. The molecule has 116 valence electrons. The number of rotatable bonds is 4. The molecule has 2 aromatic carbocycles. The van der Waals surface area contributed by atoms with E-state index in [1.165, 1.54) is 30.3 Å². The minimum atomic E-state index is -3.89. The third-order valence-electron chi connectivity index (χ3n) is 2.91. The van der Waals surface area contributed by atoms with Crippen LogP contribution in [0.25, 0.3) is 0 Å². The molecule has 0 aliphatic heterocycles. The van der Waals surface area contributed by atoms with Crippen LogP contribution in [0.3, 0.4) is 0 Å². The number of nitrogen functional groups attached to an aromatic ring is 1. The Balaban J connectivity index is 2.41. The van der Waals surface area contributed by atoms with Gasteiger partial charge in [0.2, 0.25) is 0 Å². The van der Waals surface area contributed by atoms with Gasteiger partial charge in [-0.3, -0.25) is 14.8 Å². The summed E-state index contributed by atoms with van der Waals surface area (Å²) in [4.78, 5) is 10.2. The molecule has 0 saturated carbocycles. The fourth-order valence-corrected chi connectivity index (χ4v) is 3.39. The molecule has 7 nitrogen and oxygen atoms in total. The van der Waals surface area contributed by atoms with E-state index in [-0.39, 0.29) is 22.0 Å². The zero-order valence-electron chi connectivity index (χ0n) is 11.4. The highest BCUT2D eigenvalue weighted by atomic mass is 35.5.